The number of aliphatic hydroxyl groups excluding tert-OH is 1. The average Bonchev–Trinajstić information content (AvgIpc) is 3.36. The van der Waals surface area contributed by atoms with Gasteiger partial charge in [-0.3, -0.25) is 4.90 Å². The molecule has 10 heteroatoms. The summed E-state index contributed by atoms with van der Waals surface area (Å²) >= 11 is 0. The average molecular weight is 370 g/mol. The lowest BCUT2D eigenvalue weighted by Crippen LogP contribution is -2.59. The molecule has 0 aliphatic carbocycles. The third-order valence-electron chi connectivity index (χ3n) is 5.53. The second kappa shape index (κ2) is 6.46. The first-order valence-electron chi connectivity index (χ1n) is 9.28. The van der Waals surface area contributed by atoms with E-state index < -0.39 is 0 Å². The minimum atomic E-state index is 0.223. The smallest absolute Gasteiger partial charge is 0.259 e. The van der Waals surface area contributed by atoms with E-state index in [4.69, 9.17) is 10.2 Å². The summed E-state index contributed by atoms with van der Waals surface area (Å²) in [5.74, 6) is 2.22. The Bertz CT molecular complexity index is 940. The summed E-state index contributed by atoms with van der Waals surface area (Å²) in [6.45, 7) is 2.73. The van der Waals surface area contributed by atoms with E-state index in [0.717, 1.165) is 38.9 Å². The maximum Gasteiger partial charge on any atom is 0.259 e. The summed E-state index contributed by atoms with van der Waals surface area (Å²) in [5.41, 5.74) is 6.11. The first-order chi connectivity index (χ1) is 13.2. The molecule has 3 aromatic rings. The lowest BCUT2D eigenvalue weighted by molar-refractivity contribution is 0.0368. The van der Waals surface area contributed by atoms with Gasteiger partial charge in [-0.15, -0.1) is 5.10 Å². The van der Waals surface area contributed by atoms with Crippen molar-refractivity contribution in [1.82, 2.24) is 29.5 Å². The van der Waals surface area contributed by atoms with Gasteiger partial charge in [0.15, 0.2) is 5.76 Å². The van der Waals surface area contributed by atoms with Crippen molar-refractivity contribution < 1.29 is 9.52 Å². The molecule has 5 heterocycles. The third kappa shape index (κ3) is 2.81. The standard InChI is InChI=1S/C17H22N8O2/c18-15-20-16(21-17-19-14(22-25(15)17)13-5-2-8-27-13)23-6-7-24-11(9-23)3-1-4-12(24)10-26/h2,5,8,11-12,26H,1,3-4,6-7,9-10H2,(H2,18,19,20,21,22)/t11-,12+/m0/s1. The number of furan rings is 1. The molecule has 0 bridgehead atoms. The molecular formula is C17H22N8O2. The number of anilines is 2. The molecule has 2 atom stereocenters. The van der Waals surface area contributed by atoms with Gasteiger partial charge in [-0.2, -0.15) is 19.5 Å². The first kappa shape index (κ1) is 16.5. The van der Waals surface area contributed by atoms with Gasteiger partial charge in [0, 0.05) is 31.7 Å². The molecule has 2 aliphatic rings. The molecular weight excluding hydrogens is 348 g/mol. The Kier molecular flexibility index (Phi) is 3.94. The molecule has 0 spiro atoms. The molecule has 0 amide bonds. The Labute approximate surface area is 155 Å². The van der Waals surface area contributed by atoms with Crippen molar-refractivity contribution in [2.45, 2.75) is 31.3 Å². The maximum atomic E-state index is 9.63. The number of rotatable bonds is 3. The number of aliphatic hydroxyl groups is 1. The van der Waals surface area contributed by atoms with Crippen LogP contribution in [-0.4, -0.2) is 72.9 Å². The highest BCUT2D eigenvalue weighted by atomic mass is 16.3. The van der Waals surface area contributed by atoms with Crippen LogP contribution in [0.3, 0.4) is 0 Å². The minimum absolute atomic E-state index is 0.223. The number of nitrogens with zero attached hydrogens (tertiary/aromatic N) is 7. The summed E-state index contributed by atoms with van der Waals surface area (Å²) in [5, 5.41) is 14.0. The highest BCUT2D eigenvalue weighted by molar-refractivity contribution is 5.53. The summed E-state index contributed by atoms with van der Waals surface area (Å²) in [6, 6.07) is 4.25. The van der Waals surface area contributed by atoms with Crippen molar-refractivity contribution in [3.05, 3.63) is 18.4 Å². The lowest BCUT2D eigenvalue weighted by atomic mass is 9.94. The maximum absolute atomic E-state index is 9.63. The summed E-state index contributed by atoms with van der Waals surface area (Å²) < 4.78 is 6.78. The predicted octanol–water partition coefficient (Wildman–Crippen LogP) is 0.397. The van der Waals surface area contributed by atoms with Gasteiger partial charge in [0.2, 0.25) is 17.7 Å². The van der Waals surface area contributed by atoms with E-state index >= 15 is 0 Å². The number of fused-ring (bicyclic) bond motifs is 2. The molecule has 142 valence electrons. The van der Waals surface area contributed by atoms with E-state index in [2.05, 4.69) is 29.9 Å². The molecule has 2 saturated heterocycles. The van der Waals surface area contributed by atoms with Crippen LogP contribution in [0.25, 0.3) is 17.4 Å². The van der Waals surface area contributed by atoms with Gasteiger partial charge >= 0.3 is 0 Å². The SMILES string of the molecule is Nc1nc(N2CCN3[C@@H](CO)CCC[C@H]3C2)nc2nc(-c3ccco3)nn12. The van der Waals surface area contributed by atoms with E-state index in [1.54, 1.807) is 18.4 Å². The van der Waals surface area contributed by atoms with Crippen molar-refractivity contribution in [3.63, 3.8) is 0 Å². The zero-order chi connectivity index (χ0) is 18.4. The van der Waals surface area contributed by atoms with Crippen LogP contribution in [0.1, 0.15) is 19.3 Å². The van der Waals surface area contributed by atoms with Crippen molar-refractivity contribution in [2.75, 3.05) is 36.9 Å². The fraction of sp³-hybridized carbons (Fsp3) is 0.529. The summed E-state index contributed by atoms with van der Waals surface area (Å²) in [6.07, 6.45) is 4.90. The first-order valence-corrected chi connectivity index (χ1v) is 9.28. The van der Waals surface area contributed by atoms with Gasteiger partial charge in [0.1, 0.15) is 0 Å². The second-order valence-corrected chi connectivity index (χ2v) is 7.11. The largest absolute Gasteiger partial charge is 0.461 e. The quantitative estimate of drug-likeness (QED) is 0.674. The molecule has 0 saturated carbocycles. The fourth-order valence-electron chi connectivity index (χ4n) is 4.19. The van der Waals surface area contributed by atoms with Gasteiger partial charge in [0.05, 0.1) is 12.9 Å². The highest BCUT2D eigenvalue weighted by Crippen LogP contribution is 2.28. The van der Waals surface area contributed by atoms with Crippen LogP contribution in [0.5, 0.6) is 0 Å². The zero-order valence-corrected chi connectivity index (χ0v) is 14.9. The van der Waals surface area contributed by atoms with E-state index in [0.29, 0.717) is 29.4 Å². The summed E-state index contributed by atoms with van der Waals surface area (Å²) in [7, 11) is 0. The molecule has 2 aliphatic heterocycles. The lowest BCUT2D eigenvalue weighted by Gasteiger charge is -2.47. The second-order valence-electron chi connectivity index (χ2n) is 7.11. The number of nitrogen functional groups attached to an aromatic ring is 1. The van der Waals surface area contributed by atoms with Crippen molar-refractivity contribution >= 4 is 17.7 Å². The summed E-state index contributed by atoms with van der Waals surface area (Å²) in [4.78, 5) is 18.0. The number of hydrogen-bond donors (Lipinski definition) is 2. The van der Waals surface area contributed by atoms with Crippen molar-refractivity contribution in [1.29, 1.82) is 0 Å². The molecule has 3 aromatic heterocycles. The van der Waals surface area contributed by atoms with Crippen LogP contribution in [0, 0.1) is 0 Å². The van der Waals surface area contributed by atoms with Crippen molar-refractivity contribution in [3.8, 4) is 11.6 Å². The highest BCUT2D eigenvalue weighted by Gasteiger charge is 2.35. The number of nitrogens with two attached hydrogens (primary N) is 1. The Balaban J connectivity index is 1.43. The molecule has 3 N–H and O–H groups in total. The van der Waals surface area contributed by atoms with Gasteiger partial charge in [-0.1, -0.05) is 6.42 Å². The van der Waals surface area contributed by atoms with E-state index in [1.807, 2.05) is 0 Å². The number of piperazine rings is 1. The predicted molar refractivity (Wildman–Crippen MR) is 98.1 cm³/mol. The van der Waals surface area contributed by atoms with Gasteiger partial charge in [-0.25, -0.2) is 0 Å². The molecule has 27 heavy (non-hydrogen) atoms. The van der Waals surface area contributed by atoms with E-state index in [-0.39, 0.29) is 18.6 Å². The third-order valence-corrected chi connectivity index (χ3v) is 5.53. The number of hydrogen-bond acceptors (Lipinski definition) is 9. The molecule has 0 unspecified atom stereocenters. The van der Waals surface area contributed by atoms with E-state index in [9.17, 15) is 5.11 Å². The van der Waals surface area contributed by atoms with Crippen LogP contribution >= 0.6 is 0 Å². The normalized spacial score (nSPS) is 23.7. The topological polar surface area (TPSA) is 122 Å². The van der Waals surface area contributed by atoms with Gasteiger partial charge in [-0.05, 0) is 25.0 Å². The Hall–Kier alpha value is -2.72. The molecule has 10 nitrogen and oxygen atoms in total. The Morgan fingerprint density at radius 3 is 2.96 bits per heavy atom. The number of piperidine rings is 1. The van der Waals surface area contributed by atoms with Crippen LogP contribution in [-0.2, 0) is 0 Å². The van der Waals surface area contributed by atoms with Crippen molar-refractivity contribution in [2.24, 2.45) is 0 Å². The van der Waals surface area contributed by atoms with Gasteiger partial charge < -0.3 is 20.2 Å². The van der Waals surface area contributed by atoms with E-state index in [1.165, 1.54) is 4.52 Å². The molecule has 0 radical (unpaired) electrons. The minimum Gasteiger partial charge on any atom is -0.461 e. The number of aromatic nitrogens is 5. The van der Waals surface area contributed by atoms with Crippen LogP contribution in [0.4, 0.5) is 11.9 Å². The zero-order valence-electron chi connectivity index (χ0n) is 14.9. The monoisotopic (exact) mass is 370 g/mol. The Morgan fingerprint density at radius 2 is 2.15 bits per heavy atom. The molecule has 2 fully saturated rings. The fourth-order valence-corrected chi connectivity index (χ4v) is 4.19. The Morgan fingerprint density at radius 1 is 1.22 bits per heavy atom. The van der Waals surface area contributed by atoms with Crippen LogP contribution in [0.2, 0.25) is 0 Å². The van der Waals surface area contributed by atoms with Gasteiger partial charge in [0.25, 0.3) is 5.78 Å². The molecule has 0 aromatic carbocycles. The van der Waals surface area contributed by atoms with Crippen LogP contribution < -0.4 is 10.6 Å². The molecule has 5 rings (SSSR count). The van der Waals surface area contributed by atoms with Crippen LogP contribution in [0.15, 0.2) is 22.8 Å².